The minimum absolute atomic E-state index is 0.0667. The molecule has 0 bridgehead atoms. The van der Waals surface area contributed by atoms with E-state index in [4.69, 9.17) is 5.73 Å². The van der Waals surface area contributed by atoms with Crippen LogP contribution in [0.2, 0.25) is 0 Å². The first-order chi connectivity index (χ1) is 14.1. The van der Waals surface area contributed by atoms with Gasteiger partial charge in [-0.25, -0.2) is 4.98 Å². The lowest BCUT2D eigenvalue weighted by Gasteiger charge is -2.10. The Hall–Kier alpha value is -3.24. The molecule has 4 rings (SSSR count). The van der Waals surface area contributed by atoms with E-state index in [1.54, 1.807) is 12.1 Å². The Kier molecular flexibility index (Phi) is 5.54. The number of thiazole rings is 1. The van der Waals surface area contributed by atoms with E-state index in [0.717, 1.165) is 27.9 Å². The van der Waals surface area contributed by atoms with Gasteiger partial charge in [-0.05, 0) is 17.7 Å². The quantitative estimate of drug-likeness (QED) is 0.270. The second-order valence-electron chi connectivity index (χ2n) is 6.14. The molecule has 2 aromatic heterocycles. The summed E-state index contributed by atoms with van der Waals surface area (Å²) in [6, 6.07) is 16.3. The van der Waals surface area contributed by atoms with Crippen LogP contribution < -0.4 is 5.73 Å². The molecule has 10 heteroatoms. The van der Waals surface area contributed by atoms with E-state index in [9.17, 15) is 10.1 Å². The van der Waals surface area contributed by atoms with Crippen molar-refractivity contribution in [3.8, 4) is 5.69 Å². The zero-order valence-electron chi connectivity index (χ0n) is 15.1. The molecule has 2 heterocycles. The highest BCUT2D eigenvalue weighted by atomic mass is 32.2. The molecule has 8 nitrogen and oxygen atoms in total. The summed E-state index contributed by atoms with van der Waals surface area (Å²) in [5.74, 6) is 1.39. The average Bonchev–Trinajstić information content (AvgIpc) is 3.33. The second kappa shape index (κ2) is 8.41. The Morgan fingerprint density at radius 2 is 1.86 bits per heavy atom. The smallest absolute Gasteiger partial charge is 0.269 e. The molecule has 0 spiro atoms. The summed E-state index contributed by atoms with van der Waals surface area (Å²) in [7, 11) is 0. The number of nitrogens with zero attached hydrogens (tertiary/aromatic N) is 5. The van der Waals surface area contributed by atoms with Crippen LogP contribution in [0.1, 0.15) is 17.1 Å². The van der Waals surface area contributed by atoms with Crippen molar-refractivity contribution in [2.75, 3.05) is 5.73 Å². The van der Waals surface area contributed by atoms with Crippen LogP contribution in [0, 0.1) is 10.1 Å². The number of thioether (sulfide) groups is 1. The monoisotopic (exact) mass is 424 g/mol. The van der Waals surface area contributed by atoms with Crippen molar-refractivity contribution >= 4 is 33.9 Å². The van der Waals surface area contributed by atoms with Gasteiger partial charge in [0.1, 0.15) is 5.82 Å². The number of benzene rings is 2. The lowest BCUT2D eigenvalue weighted by Crippen LogP contribution is -2.04. The fraction of sp³-hybridized carbons (Fsp3) is 0.105. The predicted molar refractivity (Wildman–Crippen MR) is 113 cm³/mol. The molecule has 0 radical (unpaired) electrons. The van der Waals surface area contributed by atoms with E-state index < -0.39 is 4.92 Å². The molecule has 0 fully saturated rings. The number of nitro benzene ring substituents is 1. The molecule has 0 unspecified atom stereocenters. The van der Waals surface area contributed by atoms with Crippen molar-refractivity contribution in [3.05, 3.63) is 87.2 Å². The topological polar surface area (TPSA) is 113 Å². The van der Waals surface area contributed by atoms with Gasteiger partial charge in [-0.2, -0.15) is 0 Å². The van der Waals surface area contributed by atoms with Gasteiger partial charge in [0.2, 0.25) is 0 Å². The molecule has 0 saturated carbocycles. The summed E-state index contributed by atoms with van der Waals surface area (Å²) >= 11 is 2.95. The molecule has 4 aromatic rings. The van der Waals surface area contributed by atoms with Gasteiger partial charge >= 0.3 is 0 Å². The number of aromatic nitrogens is 4. The number of nitro groups is 1. The van der Waals surface area contributed by atoms with Crippen LogP contribution in [0.25, 0.3) is 5.69 Å². The van der Waals surface area contributed by atoms with Gasteiger partial charge in [0.15, 0.2) is 10.3 Å². The van der Waals surface area contributed by atoms with Crippen LogP contribution in [-0.4, -0.2) is 24.7 Å². The number of nitrogens with two attached hydrogens (primary N) is 1. The van der Waals surface area contributed by atoms with E-state index in [2.05, 4.69) is 15.2 Å². The van der Waals surface area contributed by atoms with Crippen LogP contribution in [0.5, 0.6) is 0 Å². The van der Waals surface area contributed by atoms with Crippen molar-refractivity contribution < 1.29 is 4.92 Å². The van der Waals surface area contributed by atoms with Crippen LogP contribution in [0.3, 0.4) is 0 Å². The molecule has 0 saturated heterocycles. The summed E-state index contributed by atoms with van der Waals surface area (Å²) in [4.78, 5) is 14.7. The number of non-ortho nitro benzene ring substituents is 1. The Morgan fingerprint density at radius 1 is 1.10 bits per heavy atom. The van der Waals surface area contributed by atoms with Gasteiger partial charge in [-0.15, -0.1) is 21.5 Å². The highest BCUT2D eigenvalue weighted by Crippen LogP contribution is 2.27. The third-order valence-corrected chi connectivity index (χ3v) is 5.83. The van der Waals surface area contributed by atoms with Gasteiger partial charge in [-0.3, -0.25) is 14.7 Å². The molecule has 0 aliphatic rings. The highest BCUT2D eigenvalue weighted by molar-refractivity contribution is 7.98. The zero-order chi connectivity index (χ0) is 20.2. The molecule has 0 atom stereocenters. The summed E-state index contributed by atoms with van der Waals surface area (Å²) in [6.07, 6.45) is 0.504. The van der Waals surface area contributed by atoms with Crippen LogP contribution in [0.4, 0.5) is 10.8 Å². The Labute approximate surface area is 174 Å². The number of hydrogen-bond acceptors (Lipinski definition) is 8. The number of nitrogen functional groups attached to an aromatic ring is 1. The first-order valence-electron chi connectivity index (χ1n) is 8.66. The third-order valence-electron chi connectivity index (χ3n) is 4.14. The summed E-state index contributed by atoms with van der Waals surface area (Å²) in [6.45, 7) is 0. The van der Waals surface area contributed by atoms with Crippen LogP contribution in [0.15, 0.2) is 65.1 Å². The maximum atomic E-state index is 10.9. The molecule has 29 heavy (non-hydrogen) atoms. The molecule has 0 aliphatic heterocycles. The van der Waals surface area contributed by atoms with Crippen molar-refractivity contribution in [1.29, 1.82) is 0 Å². The fourth-order valence-electron chi connectivity index (χ4n) is 2.79. The third kappa shape index (κ3) is 4.44. The van der Waals surface area contributed by atoms with Gasteiger partial charge in [0.25, 0.3) is 5.69 Å². The largest absolute Gasteiger partial charge is 0.375 e. The van der Waals surface area contributed by atoms with Crippen molar-refractivity contribution in [2.24, 2.45) is 0 Å². The maximum Gasteiger partial charge on any atom is 0.269 e. The number of para-hydroxylation sites is 1. The standard InChI is InChI=1S/C19H16N6O2S2/c20-18-21-14(11-28-18)12-29-19-23-22-17(24(19)15-4-2-1-3-5-15)10-13-6-8-16(9-7-13)25(26)27/h1-9,11H,10,12H2,(H2,20,21). The lowest BCUT2D eigenvalue weighted by molar-refractivity contribution is -0.384. The highest BCUT2D eigenvalue weighted by Gasteiger charge is 2.16. The molecular weight excluding hydrogens is 408 g/mol. The van der Waals surface area contributed by atoms with Gasteiger partial charge in [0.05, 0.1) is 10.6 Å². The van der Waals surface area contributed by atoms with Crippen molar-refractivity contribution in [1.82, 2.24) is 19.7 Å². The fourth-order valence-corrected chi connectivity index (χ4v) is 4.32. The summed E-state index contributed by atoms with van der Waals surface area (Å²) < 4.78 is 2.00. The van der Waals surface area contributed by atoms with Crippen LogP contribution in [-0.2, 0) is 12.2 Å². The molecule has 2 aromatic carbocycles. The molecule has 2 N–H and O–H groups in total. The van der Waals surface area contributed by atoms with Gasteiger partial charge < -0.3 is 5.73 Å². The number of rotatable bonds is 7. The van der Waals surface area contributed by atoms with E-state index in [0.29, 0.717) is 17.3 Å². The van der Waals surface area contributed by atoms with Crippen molar-refractivity contribution in [3.63, 3.8) is 0 Å². The van der Waals surface area contributed by atoms with Gasteiger partial charge in [0, 0.05) is 35.4 Å². The average molecular weight is 425 g/mol. The minimum atomic E-state index is -0.407. The maximum absolute atomic E-state index is 10.9. The van der Waals surface area contributed by atoms with Gasteiger partial charge in [-0.1, -0.05) is 42.1 Å². The summed E-state index contributed by atoms with van der Waals surface area (Å²) in [5, 5.41) is 22.8. The normalized spacial score (nSPS) is 10.9. The second-order valence-corrected chi connectivity index (χ2v) is 7.97. The van der Waals surface area contributed by atoms with Crippen molar-refractivity contribution in [2.45, 2.75) is 17.3 Å². The minimum Gasteiger partial charge on any atom is -0.375 e. The Balaban J connectivity index is 1.62. The number of anilines is 1. The van der Waals surface area contributed by atoms with E-state index >= 15 is 0 Å². The first kappa shape index (κ1) is 19.1. The molecule has 0 aliphatic carbocycles. The number of hydrogen-bond donors (Lipinski definition) is 1. The SMILES string of the molecule is Nc1nc(CSc2nnc(Cc3ccc([N+](=O)[O-])cc3)n2-c2ccccc2)cs1. The summed E-state index contributed by atoms with van der Waals surface area (Å²) in [5.41, 5.74) is 8.55. The Morgan fingerprint density at radius 3 is 2.52 bits per heavy atom. The zero-order valence-corrected chi connectivity index (χ0v) is 16.8. The molecular formula is C19H16N6O2S2. The first-order valence-corrected chi connectivity index (χ1v) is 10.5. The van der Waals surface area contributed by atoms with E-state index in [1.165, 1.54) is 35.2 Å². The van der Waals surface area contributed by atoms with E-state index in [1.807, 2.05) is 40.3 Å². The lowest BCUT2D eigenvalue weighted by atomic mass is 10.1. The van der Waals surface area contributed by atoms with E-state index in [-0.39, 0.29) is 5.69 Å². The predicted octanol–water partition coefficient (Wildman–Crippen LogP) is 4.10. The van der Waals surface area contributed by atoms with Crippen LogP contribution >= 0.6 is 23.1 Å². The molecule has 146 valence electrons. The Bertz CT molecular complexity index is 1130. The molecule has 0 amide bonds.